The minimum absolute atomic E-state index is 0.201. The van der Waals surface area contributed by atoms with Gasteiger partial charge in [0.05, 0.1) is 5.16 Å². The summed E-state index contributed by atoms with van der Waals surface area (Å²) >= 11 is 0. The summed E-state index contributed by atoms with van der Waals surface area (Å²) in [7, 11) is -4.20. The Hall–Kier alpha value is -0.630. The van der Waals surface area contributed by atoms with E-state index in [1.165, 1.54) is 18.2 Å². The highest BCUT2D eigenvalue weighted by Gasteiger charge is 2.41. The summed E-state index contributed by atoms with van der Waals surface area (Å²) in [4.78, 5) is 18.3. The molecule has 0 radical (unpaired) electrons. The lowest BCUT2D eigenvalue weighted by atomic mass is 10.0. The predicted molar refractivity (Wildman–Crippen MR) is 54.6 cm³/mol. The Labute approximate surface area is 78.6 Å². The summed E-state index contributed by atoms with van der Waals surface area (Å²) in [6.45, 7) is 10.4. The second kappa shape index (κ2) is 4.56. The topological polar surface area (TPSA) is 57.5 Å². The summed E-state index contributed by atoms with van der Waals surface area (Å²) in [5.41, 5.74) is 0. The van der Waals surface area contributed by atoms with Crippen LogP contribution in [0.2, 0.25) is 0 Å². The second-order valence-corrected chi connectivity index (χ2v) is 4.82. The van der Waals surface area contributed by atoms with Crippen LogP contribution in [0.15, 0.2) is 38.0 Å². The Morgan fingerprint density at radius 2 is 1.54 bits per heavy atom. The Morgan fingerprint density at radius 3 is 1.69 bits per heavy atom. The van der Waals surface area contributed by atoms with Gasteiger partial charge in [-0.2, -0.15) is 0 Å². The van der Waals surface area contributed by atoms with Crippen molar-refractivity contribution in [2.24, 2.45) is 0 Å². The first-order valence-electron chi connectivity index (χ1n) is 3.84. The third kappa shape index (κ3) is 2.66. The van der Waals surface area contributed by atoms with Crippen LogP contribution in [0.4, 0.5) is 0 Å². The van der Waals surface area contributed by atoms with Gasteiger partial charge in [-0.3, -0.25) is 4.57 Å². The fourth-order valence-electron chi connectivity index (χ4n) is 1.11. The van der Waals surface area contributed by atoms with Gasteiger partial charge in [-0.05, 0) is 12.8 Å². The van der Waals surface area contributed by atoms with Gasteiger partial charge in [0, 0.05) is 0 Å². The number of hydrogen-bond acceptors (Lipinski definition) is 1. The predicted octanol–water partition coefficient (Wildman–Crippen LogP) is 2.24. The van der Waals surface area contributed by atoms with E-state index in [0.717, 1.165) is 0 Å². The largest absolute Gasteiger partial charge is 0.335 e. The highest BCUT2D eigenvalue weighted by atomic mass is 31.2. The maximum atomic E-state index is 11.2. The summed E-state index contributed by atoms with van der Waals surface area (Å²) in [5, 5.41) is -1.23. The van der Waals surface area contributed by atoms with Gasteiger partial charge in [-0.1, -0.05) is 18.2 Å². The van der Waals surface area contributed by atoms with Crippen LogP contribution in [0, 0.1) is 0 Å². The first-order valence-corrected chi connectivity index (χ1v) is 5.46. The maximum Gasteiger partial charge on any atom is 0.335 e. The zero-order valence-electron chi connectivity index (χ0n) is 7.52. The van der Waals surface area contributed by atoms with Gasteiger partial charge in [0.15, 0.2) is 0 Å². The summed E-state index contributed by atoms with van der Waals surface area (Å²) in [5.74, 6) is 0. The van der Waals surface area contributed by atoms with Crippen LogP contribution in [0.3, 0.4) is 0 Å². The Bertz CT molecular complexity index is 242. The molecular formula is C9H15O3P. The molecule has 0 aliphatic rings. The molecule has 0 bridgehead atoms. The molecule has 0 saturated heterocycles. The van der Waals surface area contributed by atoms with Crippen molar-refractivity contribution in [1.29, 1.82) is 0 Å². The minimum Gasteiger partial charge on any atom is -0.324 e. The summed E-state index contributed by atoms with van der Waals surface area (Å²) in [6, 6.07) is 0. The van der Waals surface area contributed by atoms with Crippen molar-refractivity contribution >= 4 is 7.60 Å². The highest BCUT2D eigenvalue weighted by molar-refractivity contribution is 7.53. The van der Waals surface area contributed by atoms with Crippen LogP contribution in [-0.4, -0.2) is 14.9 Å². The molecule has 0 atom stereocenters. The zero-order chi connectivity index (χ0) is 10.5. The van der Waals surface area contributed by atoms with E-state index in [9.17, 15) is 4.57 Å². The van der Waals surface area contributed by atoms with Gasteiger partial charge in [-0.25, -0.2) is 0 Å². The van der Waals surface area contributed by atoms with E-state index in [0.29, 0.717) is 0 Å². The molecule has 0 aromatic heterocycles. The van der Waals surface area contributed by atoms with E-state index in [2.05, 4.69) is 19.7 Å². The SMILES string of the molecule is C=CCC(C=C)(CC=C)P(=O)(O)O. The zero-order valence-corrected chi connectivity index (χ0v) is 8.41. The molecule has 0 aromatic carbocycles. The molecule has 0 aliphatic heterocycles. The normalized spacial score (nSPS) is 12.2. The van der Waals surface area contributed by atoms with Crippen LogP contribution >= 0.6 is 7.60 Å². The molecule has 4 heteroatoms. The molecule has 0 amide bonds. The Balaban J connectivity index is 5.07. The fourth-order valence-corrected chi connectivity index (χ4v) is 2.08. The first kappa shape index (κ1) is 12.4. The molecule has 0 rings (SSSR count). The molecule has 0 fully saturated rings. The molecule has 13 heavy (non-hydrogen) atoms. The van der Waals surface area contributed by atoms with Gasteiger partial charge in [0.25, 0.3) is 0 Å². The van der Waals surface area contributed by atoms with E-state index in [4.69, 9.17) is 9.79 Å². The molecular weight excluding hydrogens is 187 g/mol. The van der Waals surface area contributed by atoms with E-state index < -0.39 is 12.8 Å². The van der Waals surface area contributed by atoms with Crippen LogP contribution < -0.4 is 0 Å². The second-order valence-electron chi connectivity index (χ2n) is 2.84. The highest BCUT2D eigenvalue weighted by Crippen LogP contribution is 2.55. The lowest BCUT2D eigenvalue weighted by molar-refractivity contribution is 0.340. The average Bonchev–Trinajstić information content (AvgIpc) is 2.02. The number of hydrogen-bond donors (Lipinski definition) is 2. The Kier molecular flexibility index (Phi) is 4.34. The molecule has 2 N–H and O–H groups in total. The van der Waals surface area contributed by atoms with E-state index >= 15 is 0 Å². The molecule has 0 aliphatic carbocycles. The monoisotopic (exact) mass is 202 g/mol. The van der Waals surface area contributed by atoms with Gasteiger partial charge in [0.2, 0.25) is 0 Å². The molecule has 0 saturated carbocycles. The third-order valence-electron chi connectivity index (χ3n) is 1.96. The number of allylic oxidation sites excluding steroid dienone is 3. The van der Waals surface area contributed by atoms with Crippen LogP contribution in [0.1, 0.15) is 12.8 Å². The number of rotatable bonds is 6. The molecule has 0 spiro atoms. The van der Waals surface area contributed by atoms with Crippen molar-refractivity contribution in [2.45, 2.75) is 18.0 Å². The standard InChI is InChI=1S/C9H15O3P/c1-4-7-9(6-3,8-5-2)13(10,11)12/h4-6H,1-3,7-8H2,(H2,10,11,12). The van der Waals surface area contributed by atoms with E-state index in [-0.39, 0.29) is 12.8 Å². The van der Waals surface area contributed by atoms with Crippen LogP contribution in [0.5, 0.6) is 0 Å². The summed E-state index contributed by atoms with van der Waals surface area (Å²) < 4.78 is 11.2. The maximum absolute atomic E-state index is 11.2. The minimum atomic E-state index is -4.20. The van der Waals surface area contributed by atoms with Crippen LogP contribution in [-0.2, 0) is 4.57 Å². The van der Waals surface area contributed by atoms with Gasteiger partial charge in [0.1, 0.15) is 0 Å². The van der Waals surface area contributed by atoms with Crippen molar-refractivity contribution in [3.05, 3.63) is 38.0 Å². The smallest absolute Gasteiger partial charge is 0.324 e. The van der Waals surface area contributed by atoms with Gasteiger partial charge < -0.3 is 9.79 Å². The van der Waals surface area contributed by atoms with Crippen molar-refractivity contribution in [1.82, 2.24) is 0 Å². The van der Waals surface area contributed by atoms with Gasteiger partial charge >= 0.3 is 7.60 Å². The lowest BCUT2D eigenvalue weighted by Gasteiger charge is -2.28. The van der Waals surface area contributed by atoms with Crippen LogP contribution in [0.25, 0.3) is 0 Å². The molecule has 0 unspecified atom stereocenters. The molecule has 3 nitrogen and oxygen atoms in total. The molecule has 74 valence electrons. The first-order chi connectivity index (χ1) is 5.93. The van der Waals surface area contributed by atoms with Gasteiger partial charge in [-0.15, -0.1) is 19.7 Å². The van der Waals surface area contributed by atoms with Crippen molar-refractivity contribution < 1.29 is 14.4 Å². The third-order valence-corrected chi connectivity index (χ3v) is 3.66. The quantitative estimate of drug-likeness (QED) is 0.513. The van der Waals surface area contributed by atoms with E-state index in [1.54, 1.807) is 0 Å². The fraction of sp³-hybridized carbons (Fsp3) is 0.333. The average molecular weight is 202 g/mol. The molecule has 0 heterocycles. The van der Waals surface area contributed by atoms with E-state index in [1.807, 2.05) is 0 Å². The summed E-state index contributed by atoms with van der Waals surface area (Å²) in [6.07, 6.45) is 4.64. The van der Waals surface area contributed by atoms with Crippen molar-refractivity contribution in [3.63, 3.8) is 0 Å². The Morgan fingerprint density at radius 1 is 1.15 bits per heavy atom. The van der Waals surface area contributed by atoms with Crippen molar-refractivity contribution in [3.8, 4) is 0 Å². The lowest BCUT2D eigenvalue weighted by Crippen LogP contribution is -2.24. The molecule has 0 aromatic rings. The van der Waals surface area contributed by atoms with Crippen molar-refractivity contribution in [2.75, 3.05) is 0 Å².